The predicted molar refractivity (Wildman–Crippen MR) is 83.1 cm³/mol. The number of nitrogens with two attached hydrogens (primary N) is 1. The SMILES string of the molecule is CCNS(=O)(=O)N1C[C@@H](CN)[C@H](c2ccccc2)C1.Cl. The maximum absolute atomic E-state index is 12.0. The lowest BCUT2D eigenvalue weighted by Gasteiger charge is -2.16. The molecule has 3 N–H and O–H groups in total. The molecule has 0 unspecified atom stereocenters. The Morgan fingerprint density at radius 1 is 1.30 bits per heavy atom. The van der Waals surface area contributed by atoms with Gasteiger partial charge in [0.25, 0.3) is 10.2 Å². The minimum absolute atomic E-state index is 0. The Balaban J connectivity index is 0.00000200. The molecule has 1 fully saturated rings. The molecule has 7 heteroatoms. The molecule has 0 saturated carbocycles. The van der Waals surface area contributed by atoms with Gasteiger partial charge in [-0.2, -0.15) is 12.7 Å². The van der Waals surface area contributed by atoms with Crippen molar-refractivity contribution in [1.29, 1.82) is 0 Å². The summed E-state index contributed by atoms with van der Waals surface area (Å²) in [6.07, 6.45) is 0. The summed E-state index contributed by atoms with van der Waals surface area (Å²) in [4.78, 5) is 0. The Bertz CT molecular complexity index is 510. The molecule has 5 nitrogen and oxygen atoms in total. The van der Waals surface area contributed by atoms with Gasteiger partial charge in [0.05, 0.1) is 0 Å². The Morgan fingerprint density at radius 2 is 1.95 bits per heavy atom. The molecule has 2 rings (SSSR count). The minimum Gasteiger partial charge on any atom is -0.330 e. The van der Waals surface area contributed by atoms with Crippen molar-refractivity contribution in [1.82, 2.24) is 9.03 Å². The number of rotatable bonds is 5. The van der Waals surface area contributed by atoms with Crippen LogP contribution >= 0.6 is 12.4 Å². The van der Waals surface area contributed by atoms with Gasteiger partial charge >= 0.3 is 0 Å². The fourth-order valence-electron chi connectivity index (χ4n) is 2.62. The molecule has 0 amide bonds. The highest BCUT2D eigenvalue weighted by molar-refractivity contribution is 7.87. The van der Waals surface area contributed by atoms with E-state index in [2.05, 4.69) is 4.72 Å². The van der Waals surface area contributed by atoms with E-state index in [0.717, 1.165) is 5.56 Å². The van der Waals surface area contributed by atoms with Crippen LogP contribution in [-0.2, 0) is 10.2 Å². The second kappa shape index (κ2) is 7.38. The number of hydrogen-bond acceptors (Lipinski definition) is 3. The third-order valence-electron chi connectivity index (χ3n) is 3.60. The fraction of sp³-hybridized carbons (Fsp3) is 0.538. The van der Waals surface area contributed by atoms with Crippen LogP contribution in [0, 0.1) is 5.92 Å². The zero-order chi connectivity index (χ0) is 13.9. The summed E-state index contributed by atoms with van der Waals surface area (Å²) in [6.45, 7) is 3.68. The molecular formula is C13H22ClN3O2S. The van der Waals surface area contributed by atoms with Crippen molar-refractivity contribution in [2.24, 2.45) is 11.7 Å². The molecule has 1 aliphatic rings. The van der Waals surface area contributed by atoms with Crippen LogP contribution in [-0.4, -0.2) is 38.9 Å². The molecule has 20 heavy (non-hydrogen) atoms. The average Bonchev–Trinajstić information content (AvgIpc) is 2.84. The van der Waals surface area contributed by atoms with E-state index in [-0.39, 0.29) is 24.2 Å². The second-order valence-corrected chi connectivity index (χ2v) is 6.59. The van der Waals surface area contributed by atoms with Crippen LogP contribution in [0.3, 0.4) is 0 Å². The van der Waals surface area contributed by atoms with Crippen LogP contribution in [0.2, 0.25) is 0 Å². The molecule has 1 aliphatic heterocycles. The van der Waals surface area contributed by atoms with Gasteiger partial charge in [0.15, 0.2) is 0 Å². The number of nitrogens with zero attached hydrogens (tertiary/aromatic N) is 1. The smallest absolute Gasteiger partial charge is 0.279 e. The van der Waals surface area contributed by atoms with Gasteiger partial charge in [-0.3, -0.25) is 0 Å². The van der Waals surface area contributed by atoms with Crippen LogP contribution in [0.25, 0.3) is 0 Å². The lowest BCUT2D eigenvalue weighted by atomic mass is 9.89. The van der Waals surface area contributed by atoms with Crippen molar-refractivity contribution in [3.8, 4) is 0 Å². The summed E-state index contributed by atoms with van der Waals surface area (Å²) in [5.41, 5.74) is 6.96. The largest absolute Gasteiger partial charge is 0.330 e. The van der Waals surface area contributed by atoms with E-state index in [4.69, 9.17) is 5.73 Å². The molecule has 1 saturated heterocycles. The molecular weight excluding hydrogens is 298 g/mol. The summed E-state index contributed by atoms with van der Waals surface area (Å²) >= 11 is 0. The molecule has 1 heterocycles. The van der Waals surface area contributed by atoms with Gasteiger partial charge in [-0.1, -0.05) is 37.3 Å². The molecule has 0 radical (unpaired) electrons. The summed E-state index contributed by atoms with van der Waals surface area (Å²) in [5, 5.41) is 0. The van der Waals surface area contributed by atoms with Crippen LogP contribution in [0.5, 0.6) is 0 Å². The quantitative estimate of drug-likeness (QED) is 0.848. The third kappa shape index (κ3) is 3.71. The van der Waals surface area contributed by atoms with Crippen LogP contribution in [0.1, 0.15) is 18.4 Å². The number of hydrogen-bond donors (Lipinski definition) is 2. The van der Waals surface area contributed by atoms with E-state index < -0.39 is 10.2 Å². The van der Waals surface area contributed by atoms with Gasteiger partial charge in [0.1, 0.15) is 0 Å². The zero-order valence-electron chi connectivity index (χ0n) is 11.5. The maximum Gasteiger partial charge on any atom is 0.279 e. The molecule has 0 spiro atoms. The van der Waals surface area contributed by atoms with Gasteiger partial charge in [-0.05, 0) is 18.0 Å². The van der Waals surface area contributed by atoms with Gasteiger partial charge in [0.2, 0.25) is 0 Å². The molecule has 0 aromatic heterocycles. The predicted octanol–water partition coefficient (Wildman–Crippen LogP) is 0.937. The first-order valence-electron chi connectivity index (χ1n) is 6.58. The molecule has 114 valence electrons. The van der Waals surface area contributed by atoms with Crippen molar-refractivity contribution >= 4 is 22.6 Å². The first kappa shape index (κ1) is 17.4. The number of nitrogens with one attached hydrogen (secondary N) is 1. The molecule has 0 bridgehead atoms. The average molecular weight is 320 g/mol. The monoisotopic (exact) mass is 319 g/mol. The van der Waals surface area contributed by atoms with Crippen LogP contribution < -0.4 is 10.5 Å². The van der Waals surface area contributed by atoms with Crippen LogP contribution in [0.15, 0.2) is 30.3 Å². The molecule has 1 aromatic rings. The maximum atomic E-state index is 12.0. The van der Waals surface area contributed by atoms with Crippen molar-refractivity contribution in [3.63, 3.8) is 0 Å². The van der Waals surface area contributed by atoms with Gasteiger partial charge in [-0.25, -0.2) is 4.72 Å². The standard InChI is InChI=1S/C13H21N3O2S.ClH/c1-2-15-19(17,18)16-9-12(8-14)13(10-16)11-6-4-3-5-7-11;/h3-7,12-13,15H,2,8-10,14H2,1H3;1H/t12-,13+;/m1./s1. The number of halogens is 1. The summed E-state index contributed by atoms with van der Waals surface area (Å²) in [7, 11) is -3.37. The van der Waals surface area contributed by atoms with Gasteiger partial charge in [-0.15, -0.1) is 12.4 Å². The van der Waals surface area contributed by atoms with E-state index in [1.165, 1.54) is 4.31 Å². The highest BCUT2D eigenvalue weighted by atomic mass is 35.5. The van der Waals surface area contributed by atoms with E-state index in [0.29, 0.717) is 26.2 Å². The topological polar surface area (TPSA) is 75.4 Å². The van der Waals surface area contributed by atoms with E-state index in [1.807, 2.05) is 30.3 Å². The normalized spacial score (nSPS) is 23.5. The van der Waals surface area contributed by atoms with E-state index in [9.17, 15) is 8.42 Å². The number of benzene rings is 1. The lowest BCUT2D eigenvalue weighted by Crippen LogP contribution is -2.39. The highest BCUT2D eigenvalue weighted by Gasteiger charge is 2.38. The van der Waals surface area contributed by atoms with E-state index >= 15 is 0 Å². The molecule has 2 atom stereocenters. The summed E-state index contributed by atoms with van der Waals surface area (Å²) in [5.74, 6) is 0.357. The summed E-state index contributed by atoms with van der Waals surface area (Å²) in [6, 6.07) is 9.99. The Labute approximate surface area is 127 Å². The second-order valence-electron chi connectivity index (χ2n) is 4.83. The molecule has 0 aliphatic carbocycles. The van der Waals surface area contributed by atoms with E-state index in [1.54, 1.807) is 6.92 Å². The Hall–Kier alpha value is -0.660. The Kier molecular flexibility index (Phi) is 6.42. The first-order chi connectivity index (χ1) is 9.08. The van der Waals surface area contributed by atoms with Crippen LogP contribution in [0.4, 0.5) is 0 Å². The minimum atomic E-state index is -3.37. The van der Waals surface area contributed by atoms with Crippen molar-refractivity contribution < 1.29 is 8.42 Å². The first-order valence-corrected chi connectivity index (χ1v) is 8.02. The van der Waals surface area contributed by atoms with Gasteiger partial charge in [0, 0.05) is 25.6 Å². The highest BCUT2D eigenvalue weighted by Crippen LogP contribution is 2.32. The zero-order valence-corrected chi connectivity index (χ0v) is 13.2. The summed E-state index contributed by atoms with van der Waals surface area (Å²) < 4.78 is 28.1. The van der Waals surface area contributed by atoms with Gasteiger partial charge < -0.3 is 5.73 Å². The lowest BCUT2D eigenvalue weighted by molar-refractivity contribution is 0.450. The Morgan fingerprint density at radius 3 is 2.50 bits per heavy atom. The van der Waals surface area contributed by atoms with Crippen molar-refractivity contribution in [3.05, 3.63) is 35.9 Å². The molecule has 1 aromatic carbocycles. The van der Waals surface area contributed by atoms with Crippen molar-refractivity contribution in [2.75, 3.05) is 26.2 Å². The fourth-order valence-corrected chi connectivity index (χ4v) is 3.91. The van der Waals surface area contributed by atoms with Crippen molar-refractivity contribution in [2.45, 2.75) is 12.8 Å². The third-order valence-corrected chi connectivity index (χ3v) is 5.24.